The number of rotatable bonds is 3. The number of nitriles is 1. The maximum absolute atomic E-state index is 11.7. The number of hydrogen-bond acceptors (Lipinski definition) is 4. The van der Waals surface area contributed by atoms with E-state index in [1.165, 1.54) is 18.3 Å². The highest BCUT2D eigenvalue weighted by atomic mass is 16.2. The first kappa shape index (κ1) is 12.5. The molecule has 0 atom stereocenters. The van der Waals surface area contributed by atoms with Crippen LogP contribution in [0.3, 0.4) is 0 Å². The van der Waals surface area contributed by atoms with Crippen LogP contribution in [0.25, 0.3) is 0 Å². The molecule has 0 aliphatic rings. The predicted molar refractivity (Wildman–Crippen MR) is 68.3 cm³/mol. The van der Waals surface area contributed by atoms with Gasteiger partial charge >= 0.3 is 0 Å². The topological polar surface area (TPSA) is 87.8 Å². The molecular weight excluding hydrogens is 244 g/mol. The number of anilines is 1. The van der Waals surface area contributed by atoms with Gasteiger partial charge in [-0.1, -0.05) is 0 Å². The summed E-state index contributed by atoms with van der Waals surface area (Å²) >= 11 is 0. The molecule has 0 spiro atoms. The van der Waals surface area contributed by atoms with Crippen LogP contribution in [0.5, 0.6) is 0 Å². The Morgan fingerprint density at radius 1 is 1.32 bits per heavy atom. The van der Waals surface area contributed by atoms with Gasteiger partial charge in [0.1, 0.15) is 6.54 Å². The van der Waals surface area contributed by atoms with Crippen LogP contribution in [0.1, 0.15) is 5.56 Å². The lowest BCUT2D eigenvalue weighted by molar-refractivity contribution is -0.117. The van der Waals surface area contributed by atoms with Gasteiger partial charge in [-0.2, -0.15) is 10.4 Å². The standard InChI is InChI=1S/C13H10N4O2/c14-8-10-3-5-11(6-4-10)16-12(18)9-17-13(19)2-1-7-15-17/h1-7H,9H2,(H,16,18). The summed E-state index contributed by atoms with van der Waals surface area (Å²) in [6.45, 7) is -0.153. The van der Waals surface area contributed by atoms with Crippen molar-refractivity contribution >= 4 is 11.6 Å². The molecule has 0 radical (unpaired) electrons. The Balaban J connectivity index is 2.04. The van der Waals surface area contributed by atoms with Gasteiger partial charge in [0.05, 0.1) is 11.6 Å². The minimum atomic E-state index is -0.356. The first-order chi connectivity index (χ1) is 9.19. The third-order valence-corrected chi connectivity index (χ3v) is 2.38. The number of amides is 1. The molecule has 94 valence electrons. The average molecular weight is 254 g/mol. The second-order valence-corrected chi connectivity index (χ2v) is 3.76. The number of nitrogens with zero attached hydrogens (tertiary/aromatic N) is 3. The molecule has 0 aliphatic carbocycles. The van der Waals surface area contributed by atoms with Crippen LogP contribution < -0.4 is 10.9 Å². The normalized spacial score (nSPS) is 9.63. The van der Waals surface area contributed by atoms with Crippen molar-refractivity contribution in [1.29, 1.82) is 5.26 Å². The van der Waals surface area contributed by atoms with Gasteiger partial charge in [-0.25, -0.2) is 4.68 Å². The third-order valence-electron chi connectivity index (χ3n) is 2.38. The monoisotopic (exact) mass is 254 g/mol. The zero-order chi connectivity index (χ0) is 13.7. The van der Waals surface area contributed by atoms with E-state index in [1.807, 2.05) is 6.07 Å². The largest absolute Gasteiger partial charge is 0.324 e. The maximum atomic E-state index is 11.7. The van der Waals surface area contributed by atoms with Crippen molar-refractivity contribution in [3.8, 4) is 6.07 Å². The van der Waals surface area contributed by atoms with Gasteiger partial charge in [-0.15, -0.1) is 0 Å². The van der Waals surface area contributed by atoms with Gasteiger partial charge in [-0.05, 0) is 30.3 Å². The Morgan fingerprint density at radius 3 is 2.68 bits per heavy atom. The number of carbonyl (C=O) groups excluding carboxylic acids is 1. The molecule has 1 aromatic heterocycles. The van der Waals surface area contributed by atoms with E-state index in [0.717, 1.165) is 4.68 Å². The van der Waals surface area contributed by atoms with Gasteiger partial charge in [-0.3, -0.25) is 9.59 Å². The van der Waals surface area contributed by atoms with Crippen molar-refractivity contribution < 1.29 is 4.79 Å². The van der Waals surface area contributed by atoms with Crippen molar-refractivity contribution in [3.05, 3.63) is 58.5 Å². The van der Waals surface area contributed by atoms with Crippen LogP contribution in [0.15, 0.2) is 47.4 Å². The molecule has 0 aliphatic heterocycles. The predicted octanol–water partition coefficient (Wildman–Crippen LogP) is 0.754. The van der Waals surface area contributed by atoms with Gasteiger partial charge in [0.25, 0.3) is 5.56 Å². The van der Waals surface area contributed by atoms with Crippen molar-refractivity contribution in [2.24, 2.45) is 0 Å². The Hall–Kier alpha value is -2.94. The van der Waals surface area contributed by atoms with Crippen molar-refractivity contribution in [2.75, 3.05) is 5.32 Å². The summed E-state index contributed by atoms with van der Waals surface area (Å²) in [5, 5.41) is 15.1. The fourth-order valence-corrected chi connectivity index (χ4v) is 1.47. The molecule has 0 bridgehead atoms. The molecule has 19 heavy (non-hydrogen) atoms. The molecule has 0 saturated carbocycles. The first-order valence-corrected chi connectivity index (χ1v) is 5.51. The molecule has 2 rings (SSSR count). The average Bonchev–Trinajstić information content (AvgIpc) is 2.42. The van der Waals surface area contributed by atoms with Gasteiger partial charge in [0, 0.05) is 18.0 Å². The highest BCUT2D eigenvalue weighted by Gasteiger charge is 2.05. The summed E-state index contributed by atoms with van der Waals surface area (Å²) in [6.07, 6.45) is 1.44. The van der Waals surface area contributed by atoms with Crippen LogP contribution in [0.2, 0.25) is 0 Å². The molecule has 0 fully saturated rings. The minimum Gasteiger partial charge on any atom is -0.324 e. The lowest BCUT2D eigenvalue weighted by atomic mass is 10.2. The highest BCUT2D eigenvalue weighted by molar-refractivity contribution is 5.90. The summed E-state index contributed by atoms with van der Waals surface area (Å²) in [5.41, 5.74) is 0.740. The molecule has 1 heterocycles. The molecule has 1 amide bonds. The quantitative estimate of drug-likeness (QED) is 0.875. The molecule has 0 unspecified atom stereocenters. The minimum absolute atomic E-state index is 0.153. The van der Waals surface area contributed by atoms with Crippen LogP contribution in [0, 0.1) is 11.3 Å². The number of benzene rings is 1. The lowest BCUT2D eigenvalue weighted by Crippen LogP contribution is -2.28. The summed E-state index contributed by atoms with van der Waals surface area (Å²) in [4.78, 5) is 23.1. The van der Waals surface area contributed by atoms with E-state index >= 15 is 0 Å². The van der Waals surface area contributed by atoms with Crippen molar-refractivity contribution in [2.45, 2.75) is 6.54 Å². The van der Waals surface area contributed by atoms with E-state index in [-0.39, 0.29) is 18.0 Å². The van der Waals surface area contributed by atoms with Crippen molar-refractivity contribution in [1.82, 2.24) is 9.78 Å². The molecule has 6 nitrogen and oxygen atoms in total. The molecular formula is C13H10N4O2. The van der Waals surface area contributed by atoms with E-state index in [1.54, 1.807) is 24.3 Å². The Morgan fingerprint density at radius 2 is 2.05 bits per heavy atom. The fraction of sp³-hybridized carbons (Fsp3) is 0.0769. The summed E-state index contributed by atoms with van der Waals surface area (Å²) < 4.78 is 1.07. The number of aromatic nitrogens is 2. The first-order valence-electron chi connectivity index (χ1n) is 5.51. The van der Waals surface area contributed by atoms with Crippen molar-refractivity contribution in [3.63, 3.8) is 0 Å². The molecule has 0 saturated heterocycles. The fourth-order valence-electron chi connectivity index (χ4n) is 1.47. The van der Waals surface area contributed by atoms with E-state index in [9.17, 15) is 9.59 Å². The lowest BCUT2D eigenvalue weighted by Gasteiger charge is -2.06. The molecule has 6 heteroatoms. The SMILES string of the molecule is N#Cc1ccc(NC(=O)Cn2ncccc2=O)cc1. The van der Waals surface area contributed by atoms with Crippen LogP contribution >= 0.6 is 0 Å². The van der Waals surface area contributed by atoms with E-state index in [2.05, 4.69) is 10.4 Å². The smallest absolute Gasteiger partial charge is 0.267 e. The van der Waals surface area contributed by atoms with Gasteiger partial charge < -0.3 is 5.32 Å². The van der Waals surface area contributed by atoms with Crippen LogP contribution in [0.4, 0.5) is 5.69 Å². The van der Waals surface area contributed by atoms with E-state index in [4.69, 9.17) is 5.26 Å². The van der Waals surface area contributed by atoms with Crippen LogP contribution in [-0.2, 0) is 11.3 Å². The Kier molecular flexibility index (Phi) is 3.69. The Bertz CT molecular complexity index is 683. The van der Waals surface area contributed by atoms with E-state index < -0.39 is 0 Å². The summed E-state index contributed by atoms with van der Waals surface area (Å²) in [5.74, 6) is -0.356. The third kappa shape index (κ3) is 3.26. The summed E-state index contributed by atoms with van der Waals surface area (Å²) in [6, 6.07) is 11.3. The number of hydrogen-bond donors (Lipinski definition) is 1. The molecule has 2 aromatic rings. The van der Waals surface area contributed by atoms with E-state index in [0.29, 0.717) is 11.3 Å². The number of nitrogens with one attached hydrogen (secondary N) is 1. The number of carbonyl (C=O) groups is 1. The second kappa shape index (κ2) is 5.60. The summed E-state index contributed by atoms with van der Waals surface area (Å²) in [7, 11) is 0. The molecule has 1 N–H and O–H groups in total. The zero-order valence-corrected chi connectivity index (χ0v) is 9.91. The highest BCUT2D eigenvalue weighted by Crippen LogP contribution is 2.08. The van der Waals surface area contributed by atoms with Gasteiger partial charge in [0.2, 0.25) is 5.91 Å². The molecule has 1 aromatic carbocycles. The van der Waals surface area contributed by atoms with Gasteiger partial charge in [0.15, 0.2) is 0 Å². The zero-order valence-electron chi connectivity index (χ0n) is 9.91. The van der Waals surface area contributed by atoms with Crippen LogP contribution in [-0.4, -0.2) is 15.7 Å². The Labute approximate surface area is 108 Å². The second-order valence-electron chi connectivity index (χ2n) is 3.76. The maximum Gasteiger partial charge on any atom is 0.267 e.